The molecule has 0 spiro atoms. The first-order valence-corrected chi connectivity index (χ1v) is 4.65. The molecule has 0 aliphatic heterocycles. The van der Waals surface area contributed by atoms with E-state index in [0.29, 0.717) is 18.4 Å². The van der Waals surface area contributed by atoms with E-state index in [4.69, 9.17) is 0 Å². The van der Waals surface area contributed by atoms with Crippen LogP contribution in [0.5, 0.6) is 0 Å². The zero-order valence-corrected chi connectivity index (χ0v) is 8.53. The van der Waals surface area contributed by atoms with E-state index in [2.05, 4.69) is 0 Å². The molecule has 1 aromatic carbocycles. The van der Waals surface area contributed by atoms with Crippen LogP contribution in [-0.2, 0) is 4.79 Å². The molecule has 0 heterocycles. The first kappa shape index (κ1) is 13.1. The van der Waals surface area contributed by atoms with Crippen LogP contribution < -0.4 is 0 Å². The molecule has 0 unspecified atom stereocenters. The predicted molar refractivity (Wildman–Crippen MR) is 51.6 cm³/mol. The fourth-order valence-corrected chi connectivity index (χ4v) is 1.45. The van der Waals surface area contributed by atoms with Crippen LogP contribution in [0.2, 0.25) is 0 Å². The third kappa shape index (κ3) is 3.27. The summed E-state index contributed by atoms with van der Waals surface area (Å²) >= 11 is 0. The Hall–Kier alpha value is -1.92. The normalized spacial score (nSPS) is 12.2. The number of aldehydes is 1. The minimum absolute atomic E-state index is 0.308. The van der Waals surface area contributed by atoms with E-state index in [-0.39, 0.29) is 12.0 Å². The average Bonchev–Trinajstić information content (AvgIpc) is 2.22. The van der Waals surface area contributed by atoms with Gasteiger partial charge in [-0.25, -0.2) is 13.2 Å². The summed E-state index contributed by atoms with van der Waals surface area (Å²) in [5, 5.41) is 10.3. The fraction of sp³-hybridized carbons (Fsp3) is 0.300. The molecule has 4 nitrogen and oxygen atoms in total. The zero-order valence-electron chi connectivity index (χ0n) is 8.53. The van der Waals surface area contributed by atoms with Crippen LogP contribution in [0.1, 0.15) is 17.9 Å². The van der Waals surface area contributed by atoms with Crippen LogP contribution in [0, 0.1) is 27.6 Å². The van der Waals surface area contributed by atoms with Crippen molar-refractivity contribution < 1.29 is 22.9 Å². The Morgan fingerprint density at radius 2 is 1.82 bits per heavy atom. The smallest absolute Gasteiger partial charge is 0.211 e. The molecule has 0 aliphatic rings. The Morgan fingerprint density at radius 3 is 2.35 bits per heavy atom. The summed E-state index contributed by atoms with van der Waals surface area (Å²) in [5.74, 6) is -4.88. The molecule has 7 heteroatoms. The third-order valence-corrected chi connectivity index (χ3v) is 2.23. The van der Waals surface area contributed by atoms with E-state index >= 15 is 0 Å². The highest BCUT2D eigenvalue weighted by Gasteiger charge is 2.23. The minimum Gasteiger partial charge on any atom is -0.303 e. The molecule has 0 N–H and O–H groups in total. The maximum Gasteiger partial charge on any atom is 0.211 e. The van der Waals surface area contributed by atoms with E-state index in [9.17, 15) is 28.1 Å². The molecule has 0 saturated heterocycles. The lowest BCUT2D eigenvalue weighted by atomic mass is 9.95. The largest absolute Gasteiger partial charge is 0.303 e. The second kappa shape index (κ2) is 5.42. The van der Waals surface area contributed by atoms with Crippen LogP contribution in [0.15, 0.2) is 12.1 Å². The first-order chi connectivity index (χ1) is 7.95. The van der Waals surface area contributed by atoms with Crippen LogP contribution in [0.25, 0.3) is 0 Å². The Bertz CT molecular complexity index is 451. The highest BCUT2D eigenvalue weighted by atomic mass is 19.2. The van der Waals surface area contributed by atoms with E-state index in [0.717, 1.165) is 0 Å². The van der Waals surface area contributed by atoms with Gasteiger partial charge in [-0.1, -0.05) is 0 Å². The summed E-state index contributed by atoms with van der Waals surface area (Å²) in [6.45, 7) is -0.721. The zero-order chi connectivity index (χ0) is 13.0. The number of nitrogens with zero attached hydrogens (tertiary/aromatic N) is 1. The Morgan fingerprint density at radius 1 is 1.24 bits per heavy atom. The molecule has 0 radical (unpaired) electrons. The molecule has 1 rings (SSSR count). The van der Waals surface area contributed by atoms with E-state index in [1.807, 2.05) is 0 Å². The summed E-state index contributed by atoms with van der Waals surface area (Å²) in [4.78, 5) is 19.9. The lowest BCUT2D eigenvalue weighted by molar-refractivity contribution is -0.483. The number of halogens is 3. The Kier molecular flexibility index (Phi) is 4.19. The van der Waals surface area contributed by atoms with Crippen molar-refractivity contribution in [3.63, 3.8) is 0 Å². The molecule has 1 atom stereocenters. The van der Waals surface area contributed by atoms with Gasteiger partial charge in [0.1, 0.15) is 12.1 Å². The molecule has 0 bridgehead atoms. The fourth-order valence-electron chi connectivity index (χ4n) is 1.45. The molecule has 92 valence electrons. The highest BCUT2D eigenvalue weighted by molar-refractivity contribution is 5.51. The Labute approximate surface area is 94.2 Å². The van der Waals surface area contributed by atoms with Crippen molar-refractivity contribution in [3.05, 3.63) is 45.3 Å². The quantitative estimate of drug-likeness (QED) is 0.346. The second-order valence-electron chi connectivity index (χ2n) is 3.40. The van der Waals surface area contributed by atoms with E-state index in [1.54, 1.807) is 0 Å². The number of carbonyl (C=O) groups excluding carboxylic acids is 1. The molecule has 17 heavy (non-hydrogen) atoms. The molecule has 1 aromatic rings. The van der Waals surface area contributed by atoms with Gasteiger partial charge in [0, 0.05) is 23.0 Å². The molecule has 0 saturated carbocycles. The van der Waals surface area contributed by atoms with Crippen LogP contribution in [0.3, 0.4) is 0 Å². The molecule has 0 aliphatic carbocycles. The topological polar surface area (TPSA) is 60.2 Å². The molecule has 0 fully saturated rings. The van der Waals surface area contributed by atoms with Gasteiger partial charge < -0.3 is 4.79 Å². The van der Waals surface area contributed by atoms with Gasteiger partial charge in [0.25, 0.3) is 0 Å². The van der Waals surface area contributed by atoms with Gasteiger partial charge in [-0.15, -0.1) is 0 Å². The first-order valence-electron chi connectivity index (χ1n) is 4.65. The predicted octanol–water partition coefficient (Wildman–Crippen LogP) is 2.05. The van der Waals surface area contributed by atoms with Crippen molar-refractivity contribution in [1.82, 2.24) is 0 Å². The minimum atomic E-state index is -1.38. The molecule has 0 aromatic heterocycles. The number of rotatable bonds is 5. The van der Waals surface area contributed by atoms with Crippen LogP contribution in [0.4, 0.5) is 13.2 Å². The lowest BCUT2D eigenvalue weighted by Crippen LogP contribution is -2.15. The van der Waals surface area contributed by atoms with Crippen molar-refractivity contribution in [2.75, 3.05) is 6.54 Å². The second-order valence-corrected chi connectivity index (χ2v) is 3.40. The summed E-state index contributed by atoms with van der Waals surface area (Å²) in [5.41, 5.74) is -0.368. The third-order valence-electron chi connectivity index (χ3n) is 2.23. The molecule has 0 amide bonds. The van der Waals surface area contributed by atoms with Crippen molar-refractivity contribution in [2.24, 2.45) is 0 Å². The summed E-state index contributed by atoms with van der Waals surface area (Å²) in [7, 11) is 0. The van der Waals surface area contributed by atoms with Crippen molar-refractivity contribution in [3.8, 4) is 0 Å². The van der Waals surface area contributed by atoms with Crippen LogP contribution >= 0.6 is 0 Å². The summed E-state index contributed by atoms with van der Waals surface area (Å²) in [6, 6.07) is 0.852. The SMILES string of the molecule is O=CC[C@@H](C[N+](=O)[O-])c1cc(F)c(F)cc1F. The average molecular weight is 247 g/mol. The Balaban J connectivity index is 3.12. The maximum absolute atomic E-state index is 13.3. The van der Waals surface area contributed by atoms with Gasteiger partial charge >= 0.3 is 0 Å². The summed E-state index contributed by atoms with van der Waals surface area (Å²) in [6.07, 6.45) is 0.0395. The number of hydrogen-bond donors (Lipinski definition) is 0. The monoisotopic (exact) mass is 247 g/mol. The van der Waals surface area contributed by atoms with Crippen molar-refractivity contribution >= 4 is 6.29 Å². The maximum atomic E-state index is 13.3. The van der Waals surface area contributed by atoms with Crippen LogP contribution in [-0.4, -0.2) is 17.8 Å². The molecular formula is C10H8F3NO3. The van der Waals surface area contributed by atoms with Crippen molar-refractivity contribution in [1.29, 1.82) is 0 Å². The highest BCUT2D eigenvalue weighted by Crippen LogP contribution is 2.24. The lowest BCUT2D eigenvalue weighted by Gasteiger charge is -2.11. The van der Waals surface area contributed by atoms with Gasteiger partial charge in [0.2, 0.25) is 6.54 Å². The van der Waals surface area contributed by atoms with Gasteiger partial charge in [-0.05, 0) is 6.07 Å². The van der Waals surface area contributed by atoms with E-state index < -0.39 is 34.8 Å². The number of hydrogen-bond acceptors (Lipinski definition) is 3. The number of carbonyl (C=O) groups is 1. The number of nitro groups is 1. The summed E-state index contributed by atoms with van der Waals surface area (Å²) < 4.78 is 38.9. The standard InChI is InChI=1S/C10H8F3NO3/c11-8-4-10(13)9(12)3-7(8)6(1-2-15)5-14(16)17/h2-4,6H,1,5H2/t6-/m0/s1. The van der Waals surface area contributed by atoms with Gasteiger partial charge in [-0.3, -0.25) is 10.1 Å². The molecular weight excluding hydrogens is 239 g/mol. The van der Waals surface area contributed by atoms with E-state index in [1.165, 1.54) is 0 Å². The van der Waals surface area contributed by atoms with Gasteiger partial charge in [-0.2, -0.15) is 0 Å². The van der Waals surface area contributed by atoms with Gasteiger partial charge in [0.05, 0.1) is 5.92 Å². The van der Waals surface area contributed by atoms with Gasteiger partial charge in [0.15, 0.2) is 11.6 Å². The van der Waals surface area contributed by atoms with Crippen molar-refractivity contribution in [2.45, 2.75) is 12.3 Å². The number of benzene rings is 1.